The zero-order valence-corrected chi connectivity index (χ0v) is 24.2. The molecule has 2 amide bonds. The lowest BCUT2D eigenvalue weighted by molar-refractivity contribution is -0.127. The molecule has 1 spiro atoms. The standard InChI is InChI=1S/C28H28N6O5S2/c1-18(35)33-12-9-28(16-33)17-34(26(36)14-25-31-22-4-6-24(39-2)32-27(22)40-25)23-5-3-20(13-21(23)28)41(37,38)30-15-19-7-10-29-11-8-19/h3-8,10-11,13,30H,9,12,14-17H2,1-2H3. The molecule has 5 heterocycles. The van der Waals surface area contributed by atoms with Crippen molar-refractivity contribution in [3.05, 3.63) is 71.0 Å². The summed E-state index contributed by atoms with van der Waals surface area (Å²) in [5.41, 5.74) is 2.34. The zero-order chi connectivity index (χ0) is 28.8. The number of ether oxygens (including phenoxy) is 1. The molecule has 1 unspecified atom stereocenters. The topological polar surface area (TPSA) is 135 Å². The van der Waals surface area contributed by atoms with Gasteiger partial charge < -0.3 is 14.5 Å². The fourth-order valence-electron chi connectivity index (χ4n) is 5.55. The van der Waals surface area contributed by atoms with E-state index >= 15 is 0 Å². The first kappa shape index (κ1) is 27.2. The Morgan fingerprint density at radius 3 is 2.63 bits per heavy atom. The summed E-state index contributed by atoms with van der Waals surface area (Å²) in [6.07, 6.45) is 3.92. The molecule has 6 rings (SSSR count). The molecular formula is C28H28N6O5S2. The predicted octanol–water partition coefficient (Wildman–Crippen LogP) is 2.65. The molecule has 13 heteroatoms. The largest absolute Gasteiger partial charge is 0.481 e. The monoisotopic (exact) mass is 592 g/mol. The van der Waals surface area contributed by atoms with Gasteiger partial charge in [-0.05, 0) is 53.9 Å². The summed E-state index contributed by atoms with van der Waals surface area (Å²) in [5.74, 6) is 0.280. The van der Waals surface area contributed by atoms with Crippen LogP contribution in [0.2, 0.25) is 0 Å². The number of anilines is 1. The van der Waals surface area contributed by atoms with Gasteiger partial charge in [0.25, 0.3) is 0 Å². The van der Waals surface area contributed by atoms with Crippen molar-refractivity contribution in [2.24, 2.45) is 0 Å². The van der Waals surface area contributed by atoms with Crippen LogP contribution in [-0.4, -0.2) is 66.8 Å². The minimum atomic E-state index is -3.84. The minimum absolute atomic E-state index is 0.0478. The maximum atomic E-state index is 13.7. The molecule has 1 N–H and O–H groups in total. The Balaban J connectivity index is 1.30. The number of rotatable bonds is 7. The normalized spacial score (nSPS) is 18.3. The van der Waals surface area contributed by atoms with E-state index in [1.54, 1.807) is 59.6 Å². The first-order valence-corrected chi connectivity index (χ1v) is 15.4. The Kier molecular flexibility index (Phi) is 6.96. The highest BCUT2D eigenvalue weighted by Crippen LogP contribution is 2.47. The zero-order valence-electron chi connectivity index (χ0n) is 22.5. The highest BCUT2D eigenvalue weighted by Gasteiger charge is 2.49. The summed E-state index contributed by atoms with van der Waals surface area (Å²) >= 11 is 1.34. The summed E-state index contributed by atoms with van der Waals surface area (Å²) in [6.45, 7) is 2.96. The van der Waals surface area contributed by atoms with Crippen LogP contribution < -0.4 is 14.4 Å². The number of methoxy groups -OCH3 is 1. The van der Waals surface area contributed by atoms with Crippen LogP contribution in [0.15, 0.2) is 59.8 Å². The number of sulfonamides is 1. The van der Waals surface area contributed by atoms with Crippen LogP contribution in [0.3, 0.4) is 0 Å². The molecule has 11 nitrogen and oxygen atoms in total. The molecule has 1 fully saturated rings. The van der Waals surface area contributed by atoms with Gasteiger partial charge in [0, 0.05) is 62.7 Å². The number of carbonyl (C=O) groups excluding carboxylic acids is 2. The molecule has 4 aromatic rings. The average molecular weight is 593 g/mol. The molecule has 0 bridgehead atoms. The second-order valence-corrected chi connectivity index (χ2v) is 13.1. The quantitative estimate of drug-likeness (QED) is 0.346. The maximum absolute atomic E-state index is 13.7. The average Bonchev–Trinajstić information content (AvgIpc) is 3.67. The highest BCUT2D eigenvalue weighted by atomic mass is 32.2. The van der Waals surface area contributed by atoms with E-state index in [0.29, 0.717) is 53.0 Å². The van der Waals surface area contributed by atoms with E-state index in [4.69, 9.17) is 4.74 Å². The van der Waals surface area contributed by atoms with Crippen molar-refractivity contribution in [3.8, 4) is 5.88 Å². The van der Waals surface area contributed by atoms with Gasteiger partial charge in [0.15, 0.2) is 0 Å². The van der Waals surface area contributed by atoms with Gasteiger partial charge in [0.2, 0.25) is 27.7 Å². The van der Waals surface area contributed by atoms with Gasteiger partial charge in [-0.2, -0.15) is 0 Å². The third-order valence-corrected chi connectivity index (χ3v) is 10.1. The lowest BCUT2D eigenvalue weighted by Gasteiger charge is -2.25. The van der Waals surface area contributed by atoms with Crippen molar-refractivity contribution in [1.82, 2.24) is 24.6 Å². The summed E-state index contributed by atoms with van der Waals surface area (Å²) < 4.78 is 34.4. The van der Waals surface area contributed by atoms with Crippen LogP contribution in [0.5, 0.6) is 5.88 Å². The number of pyridine rings is 2. The second-order valence-electron chi connectivity index (χ2n) is 10.3. The number of benzene rings is 1. The first-order chi connectivity index (χ1) is 19.7. The lowest BCUT2D eigenvalue weighted by atomic mass is 9.81. The van der Waals surface area contributed by atoms with E-state index in [0.717, 1.165) is 11.1 Å². The third-order valence-electron chi connectivity index (χ3n) is 7.70. The van der Waals surface area contributed by atoms with E-state index in [2.05, 4.69) is 19.7 Å². The molecule has 1 atom stereocenters. The summed E-state index contributed by atoms with van der Waals surface area (Å²) in [7, 11) is -2.30. The molecule has 0 radical (unpaired) electrons. The molecule has 212 valence electrons. The summed E-state index contributed by atoms with van der Waals surface area (Å²) in [4.78, 5) is 43.2. The number of thiazole rings is 1. The summed E-state index contributed by atoms with van der Waals surface area (Å²) in [5, 5.41) is 0.629. The number of amides is 2. The van der Waals surface area contributed by atoms with E-state index in [-0.39, 0.29) is 29.7 Å². The minimum Gasteiger partial charge on any atom is -0.481 e. The Labute approximate surface area is 241 Å². The molecule has 2 aliphatic rings. The number of fused-ring (bicyclic) bond motifs is 3. The lowest BCUT2D eigenvalue weighted by Crippen LogP contribution is -2.40. The number of carbonyl (C=O) groups is 2. The van der Waals surface area contributed by atoms with Crippen LogP contribution in [0.4, 0.5) is 5.69 Å². The van der Waals surface area contributed by atoms with E-state index in [9.17, 15) is 18.0 Å². The maximum Gasteiger partial charge on any atom is 0.240 e. The van der Waals surface area contributed by atoms with Gasteiger partial charge in [0.1, 0.15) is 15.4 Å². The Bertz CT molecular complexity index is 1760. The molecule has 1 saturated heterocycles. The molecule has 3 aromatic heterocycles. The van der Waals surface area contributed by atoms with Crippen molar-refractivity contribution >= 4 is 49.2 Å². The Morgan fingerprint density at radius 2 is 1.90 bits per heavy atom. The van der Waals surface area contributed by atoms with Crippen molar-refractivity contribution in [2.75, 3.05) is 31.6 Å². The fraction of sp³-hybridized carbons (Fsp3) is 0.321. The Morgan fingerprint density at radius 1 is 1.10 bits per heavy atom. The van der Waals surface area contributed by atoms with Gasteiger partial charge in [-0.25, -0.2) is 23.1 Å². The second kappa shape index (κ2) is 10.5. The van der Waals surface area contributed by atoms with E-state index in [1.807, 2.05) is 6.07 Å². The number of nitrogens with one attached hydrogen (secondary N) is 1. The smallest absolute Gasteiger partial charge is 0.240 e. The molecule has 0 aliphatic carbocycles. The van der Waals surface area contributed by atoms with Crippen LogP contribution in [0, 0.1) is 0 Å². The van der Waals surface area contributed by atoms with Crippen molar-refractivity contribution in [3.63, 3.8) is 0 Å². The highest BCUT2D eigenvalue weighted by molar-refractivity contribution is 7.89. The van der Waals surface area contributed by atoms with Crippen molar-refractivity contribution in [2.45, 2.75) is 36.6 Å². The van der Waals surface area contributed by atoms with Gasteiger partial charge in [-0.15, -0.1) is 0 Å². The van der Waals surface area contributed by atoms with Crippen LogP contribution in [0.1, 0.15) is 29.5 Å². The first-order valence-electron chi connectivity index (χ1n) is 13.1. The molecular weight excluding hydrogens is 564 g/mol. The third kappa shape index (κ3) is 5.16. The number of hydrogen-bond acceptors (Lipinski definition) is 9. The van der Waals surface area contributed by atoms with Crippen molar-refractivity contribution < 1.29 is 22.7 Å². The molecule has 2 aliphatic heterocycles. The van der Waals surface area contributed by atoms with Gasteiger partial charge in [0.05, 0.1) is 18.4 Å². The summed E-state index contributed by atoms with van der Waals surface area (Å²) in [6, 6.07) is 11.9. The number of likely N-dealkylation sites (tertiary alicyclic amines) is 1. The fourth-order valence-corrected chi connectivity index (χ4v) is 7.51. The van der Waals surface area contributed by atoms with Gasteiger partial charge >= 0.3 is 0 Å². The van der Waals surface area contributed by atoms with Crippen LogP contribution in [-0.2, 0) is 38.0 Å². The predicted molar refractivity (Wildman–Crippen MR) is 153 cm³/mol. The molecule has 1 aromatic carbocycles. The van der Waals surface area contributed by atoms with Crippen LogP contribution >= 0.6 is 11.3 Å². The van der Waals surface area contributed by atoms with Gasteiger partial charge in [-0.3, -0.25) is 14.6 Å². The molecule has 0 saturated carbocycles. The number of nitrogens with zero attached hydrogens (tertiary/aromatic N) is 5. The SMILES string of the molecule is COc1ccc2nc(CC(=O)N3CC4(CCN(C(C)=O)C4)c4cc(S(=O)(=O)NCc5ccncc5)ccc43)sc2n1. The van der Waals surface area contributed by atoms with E-state index < -0.39 is 15.4 Å². The van der Waals surface area contributed by atoms with E-state index in [1.165, 1.54) is 24.3 Å². The van der Waals surface area contributed by atoms with Crippen LogP contribution in [0.25, 0.3) is 10.3 Å². The number of aromatic nitrogens is 3. The van der Waals surface area contributed by atoms with Gasteiger partial charge in [-0.1, -0.05) is 11.3 Å². The Hall–Kier alpha value is -3.94. The number of hydrogen-bond donors (Lipinski definition) is 1. The molecule has 41 heavy (non-hydrogen) atoms. The van der Waals surface area contributed by atoms with Crippen molar-refractivity contribution in [1.29, 1.82) is 0 Å².